The van der Waals surface area contributed by atoms with Crippen molar-refractivity contribution in [3.8, 4) is 17.2 Å². The van der Waals surface area contributed by atoms with E-state index in [9.17, 15) is 9.59 Å². The molecular weight excluding hydrogens is 446 g/mol. The highest BCUT2D eigenvalue weighted by Gasteiger charge is 2.28. The molecule has 1 fully saturated rings. The van der Waals surface area contributed by atoms with E-state index in [1.165, 1.54) is 17.0 Å². The Balaban J connectivity index is 1.52. The number of nitrogen functional groups attached to an aromatic ring is 1. The summed E-state index contributed by atoms with van der Waals surface area (Å²) in [5.74, 6) is 1.28. The number of carbonyl (C=O) groups is 1. The van der Waals surface area contributed by atoms with Crippen LogP contribution in [0.1, 0.15) is 18.9 Å². The lowest BCUT2D eigenvalue weighted by Gasteiger charge is -2.32. The van der Waals surface area contributed by atoms with Gasteiger partial charge in [0.25, 0.3) is 5.91 Å². The highest BCUT2D eigenvalue weighted by molar-refractivity contribution is 5.86. The third kappa shape index (κ3) is 4.38. The van der Waals surface area contributed by atoms with Crippen molar-refractivity contribution >= 4 is 22.9 Å². The zero-order chi connectivity index (χ0) is 24.4. The summed E-state index contributed by atoms with van der Waals surface area (Å²) in [5, 5.41) is 1.80. The average molecular weight is 472 g/mol. The van der Waals surface area contributed by atoms with E-state index in [4.69, 9.17) is 10.5 Å². The molecule has 0 bridgehead atoms. The number of imidazole rings is 1. The number of benzene rings is 2. The number of hydrogen-bond donors (Lipinski definition) is 2. The van der Waals surface area contributed by atoms with Crippen molar-refractivity contribution in [1.29, 1.82) is 0 Å². The van der Waals surface area contributed by atoms with Gasteiger partial charge in [-0.05, 0) is 55.3 Å². The van der Waals surface area contributed by atoms with Crippen molar-refractivity contribution in [2.45, 2.75) is 18.9 Å². The molecule has 35 heavy (non-hydrogen) atoms. The van der Waals surface area contributed by atoms with Crippen molar-refractivity contribution in [3.63, 3.8) is 0 Å². The van der Waals surface area contributed by atoms with Crippen molar-refractivity contribution in [2.24, 2.45) is 0 Å². The number of rotatable bonds is 6. The number of nitrogens with zero attached hydrogens (tertiary/aromatic N) is 5. The van der Waals surface area contributed by atoms with Crippen LogP contribution >= 0.6 is 0 Å². The van der Waals surface area contributed by atoms with E-state index in [0.29, 0.717) is 35.7 Å². The fourth-order valence-corrected chi connectivity index (χ4v) is 4.39. The Labute approximate surface area is 201 Å². The topological polar surface area (TPSA) is 120 Å². The number of anilines is 1. The molecule has 1 aliphatic heterocycles. The van der Waals surface area contributed by atoms with Gasteiger partial charge in [-0.2, -0.15) is 0 Å². The van der Waals surface area contributed by atoms with Gasteiger partial charge in [-0.15, -0.1) is 0 Å². The second kappa shape index (κ2) is 9.43. The molecule has 0 saturated carbocycles. The molecule has 1 amide bonds. The number of piperidine rings is 1. The number of nitrogens with one attached hydrogen (secondary N) is 1. The quantitative estimate of drug-likeness (QED) is 0.415. The Morgan fingerprint density at radius 2 is 1.86 bits per heavy atom. The summed E-state index contributed by atoms with van der Waals surface area (Å²) in [6, 6.07) is 16.4. The first-order valence-electron chi connectivity index (χ1n) is 11.3. The van der Waals surface area contributed by atoms with Crippen LogP contribution < -0.4 is 21.6 Å². The third-order valence-electron chi connectivity index (χ3n) is 5.97. The molecule has 2 aromatic carbocycles. The number of carbonyl (C=O) groups excluding carboxylic acids is 1. The van der Waals surface area contributed by atoms with E-state index in [-0.39, 0.29) is 23.5 Å². The van der Waals surface area contributed by atoms with Crippen LogP contribution in [0.5, 0.6) is 11.5 Å². The molecule has 1 aliphatic rings. The van der Waals surface area contributed by atoms with Crippen LogP contribution in [-0.2, 0) is 4.79 Å². The molecule has 4 aromatic rings. The summed E-state index contributed by atoms with van der Waals surface area (Å²) < 4.78 is 9.05. The van der Waals surface area contributed by atoms with Crippen LogP contribution in [0.2, 0.25) is 0 Å². The summed E-state index contributed by atoms with van der Waals surface area (Å²) in [6.07, 6.45) is 4.14. The zero-order valence-electron chi connectivity index (χ0n) is 19.0. The predicted molar refractivity (Wildman–Crippen MR) is 132 cm³/mol. The fourth-order valence-electron chi connectivity index (χ4n) is 4.39. The van der Waals surface area contributed by atoms with Gasteiger partial charge in [-0.3, -0.25) is 19.4 Å². The average Bonchev–Trinajstić information content (AvgIpc) is 3.18. The minimum absolute atomic E-state index is 0.208. The van der Waals surface area contributed by atoms with Crippen molar-refractivity contribution in [1.82, 2.24) is 29.5 Å². The van der Waals surface area contributed by atoms with Gasteiger partial charge in [-0.25, -0.2) is 19.8 Å². The first-order chi connectivity index (χ1) is 17.0. The Morgan fingerprint density at radius 1 is 1.11 bits per heavy atom. The first kappa shape index (κ1) is 22.4. The summed E-state index contributed by atoms with van der Waals surface area (Å²) >= 11 is 0. The van der Waals surface area contributed by atoms with Crippen molar-refractivity contribution in [3.05, 3.63) is 84.1 Å². The van der Waals surface area contributed by atoms with Gasteiger partial charge in [-0.1, -0.05) is 24.8 Å². The molecule has 0 radical (unpaired) electrons. The Hall–Kier alpha value is -4.44. The lowest BCUT2D eigenvalue weighted by molar-refractivity contribution is -0.121. The third-order valence-corrected chi connectivity index (χ3v) is 5.97. The predicted octanol–water partition coefficient (Wildman–Crippen LogP) is 2.81. The van der Waals surface area contributed by atoms with Crippen LogP contribution in [0.25, 0.3) is 16.9 Å². The molecule has 0 aliphatic carbocycles. The van der Waals surface area contributed by atoms with Gasteiger partial charge in [0.2, 0.25) is 0 Å². The minimum Gasteiger partial charge on any atom is -0.457 e. The summed E-state index contributed by atoms with van der Waals surface area (Å²) in [4.78, 5) is 34.1. The SMILES string of the molecule is C=CC(=O)NN1CCC[C@@H](n2c(=O)n(-c3ccc(Oc4ccccc4)cc3)c3c(N)ncnc32)C1. The Bertz CT molecular complexity index is 1430. The summed E-state index contributed by atoms with van der Waals surface area (Å²) in [6.45, 7) is 4.63. The van der Waals surface area contributed by atoms with E-state index >= 15 is 0 Å². The normalized spacial score (nSPS) is 16.2. The van der Waals surface area contributed by atoms with Gasteiger partial charge in [0.1, 0.15) is 23.3 Å². The first-order valence-corrected chi connectivity index (χ1v) is 11.3. The lowest BCUT2D eigenvalue weighted by Crippen LogP contribution is -2.48. The van der Waals surface area contributed by atoms with E-state index in [1.807, 2.05) is 30.3 Å². The monoisotopic (exact) mass is 471 g/mol. The Morgan fingerprint density at radius 3 is 2.60 bits per heavy atom. The van der Waals surface area contributed by atoms with Crippen molar-refractivity contribution in [2.75, 3.05) is 18.8 Å². The maximum Gasteiger partial charge on any atom is 0.335 e. The second-order valence-corrected chi connectivity index (χ2v) is 8.25. The maximum atomic E-state index is 13.8. The van der Waals surface area contributed by atoms with Crippen LogP contribution in [0.3, 0.4) is 0 Å². The molecule has 5 rings (SSSR count). The van der Waals surface area contributed by atoms with Gasteiger partial charge in [0, 0.05) is 13.1 Å². The molecule has 2 aromatic heterocycles. The molecule has 10 nitrogen and oxygen atoms in total. The van der Waals surface area contributed by atoms with Gasteiger partial charge in [0.15, 0.2) is 11.5 Å². The molecule has 0 spiro atoms. The van der Waals surface area contributed by atoms with E-state index in [2.05, 4.69) is 22.0 Å². The Kier molecular flexibility index (Phi) is 6.02. The largest absolute Gasteiger partial charge is 0.457 e. The van der Waals surface area contributed by atoms with E-state index in [0.717, 1.165) is 18.6 Å². The van der Waals surface area contributed by atoms with Gasteiger partial charge >= 0.3 is 5.69 Å². The fraction of sp³-hybridized carbons (Fsp3) is 0.200. The molecule has 178 valence electrons. The van der Waals surface area contributed by atoms with Crippen LogP contribution in [-0.4, -0.2) is 43.1 Å². The van der Waals surface area contributed by atoms with Crippen molar-refractivity contribution < 1.29 is 9.53 Å². The number of nitrogens with two attached hydrogens (primary N) is 1. The number of aromatic nitrogens is 4. The van der Waals surface area contributed by atoms with Crippen LogP contribution in [0.15, 0.2) is 78.4 Å². The standard InChI is InChI=1S/C25H25N7O3/c1-2-21(33)29-30-14-6-7-18(15-30)32-24-22(23(26)27-16-28-24)31(25(32)34)17-10-12-20(13-11-17)35-19-8-4-3-5-9-19/h2-5,8-13,16,18H,1,6-7,14-15H2,(H,29,33)(H2,26,27,28)/t18-/m1/s1. The summed E-state index contributed by atoms with van der Waals surface area (Å²) in [5.41, 5.74) is 10.3. The van der Waals surface area contributed by atoms with Crippen LogP contribution in [0, 0.1) is 0 Å². The molecule has 0 unspecified atom stereocenters. The smallest absolute Gasteiger partial charge is 0.335 e. The van der Waals surface area contributed by atoms with E-state index < -0.39 is 0 Å². The number of amides is 1. The molecule has 3 N–H and O–H groups in total. The van der Waals surface area contributed by atoms with Gasteiger partial charge in [0.05, 0.1) is 11.7 Å². The number of para-hydroxylation sites is 1. The molecule has 1 saturated heterocycles. The molecule has 10 heteroatoms. The number of hydrazine groups is 1. The number of hydrogen-bond acceptors (Lipinski definition) is 7. The molecular formula is C25H25N7O3. The lowest BCUT2D eigenvalue weighted by atomic mass is 10.1. The highest BCUT2D eigenvalue weighted by atomic mass is 16.5. The second-order valence-electron chi connectivity index (χ2n) is 8.25. The number of fused-ring (bicyclic) bond motifs is 1. The maximum absolute atomic E-state index is 13.8. The van der Waals surface area contributed by atoms with Gasteiger partial charge < -0.3 is 10.5 Å². The zero-order valence-corrected chi connectivity index (χ0v) is 19.0. The van der Waals surface area contributed by atoms with E-state index in [1.54, 1.807) is 33.8 Å². The minimum atomic E-state index is -0.287. The summed E-state index contributed by atoms with van der Waals surface area (Å²) in [7, 11) is 0. The number of ether oxygens (including phenoxy) is 1. The molecule has 3 heterocycles. The van der Waals surface area contributed by atoms with Crippen LogP contribution in [0.4, 0.5) is 5.82 Å². The highest BCUT2D eigenvalue weighted by Crippen LogP contribution is 2.28. The molecule has 1 atom stereocenters.